The van der Waals surface area contributed by atoms with Crippen molar-refractivity contribution in [3.05, 3.63) is 24.3 Å². The number of alkyl carbamates (subject to hydrolysis) is 1. The van der Waals surface area contributed by atoms with Crippen molar-refractivity contribution < 1.29 is 28.6 Å². The van der Waals surface area contributed by atoms with E-state index in [4.69, 9.17) is 14.2 Å². The van der Waals surface area contributed by atoms with E-state index in [2.05, 4.69) is 5.32 Å². The summed E-state index contributed by atoms with van der Waals surface area (Å²) >= 11 is 0. The number of anilines is 2. The lowest BCUT2D eigenvalue weighted by Gasteiger charge is -2.16. The molecule has 1 atom stereocenters. The molecule has 0 aromatic heterocycles. The van der Waals surface area contributed by atoms with Crippen LogP contribution in [0.15, 0.2) is 24.3 Å². The largest absolute Gasteiger partial charge is 0.447 e. The molecule has 128 valence electrons. The lowest BCUT2D eigenvalue weighted by atomic mass is 10.2. The highest BCUT2D eigenvalue weighted by atomic mass is 16.6. The normalized spacial score (nSPS) is 20.0. The maximum absolute atomic E-state index is 12.0. The topological polar surface area (TPSA) is 97.4 Å². The van der Waals surface area contributed by atoms with Gasteiger partial charge < -0.3 is 19.5 Å². The number of nitrogens with zero attached hydrogens (tertiary/aromatic N) is 2. The lowest BCUT2D eigenvalue weighted by Crippen LogP contribution is -2.28. The van der Waals surface area contributed by atoms with Crippen molar-refractivity contribution in [3.63, 3.8) is 0 Å². The van der Waals surface area contributed by atoms with E-state index in [1.54, 1.807) is 24.3 Å². The zero-order chi connectivity index (χ0) is 17.1. The van der Waals surface area contributed by atoms with Crippen LogP contribution in [0.25, 0.3) is 0 Å². The molecule has 2 aliphatic rings. The molecule has 0 unspecified atom stereocenters. The molecule has 2 heterocycles. The molecule has 3 rings (SSSR count). The van der Waals surface area contributed by atoms with Crippen molar-refractivity contribution in [2.24, 2.45) is 0 Å². The van der Waals surface area contributed by atoms with E-state index in [9.17, 15) is 14.4 Å². The molecule has 2 fully saturated rings. The highest BCUT2D eigenvalue weighted by molar-refractivity contribution is 5.92. The second-order valence-corrected chi connectivity index (χ2v) is 5.25. The van der Waals surface area contributed by atoms with Crippen LogP contribution in [0.5, 0.6) is 0 Å². The zero-order valence-electron chi connectivity index (χ0n) is 13.1. The molecule has 9 nitrogen and oxygen atoms in total. The molecule has 9 heteroatoms. The second kappa shape index (κ2) is 6.65. The highest BCUT2D eigenvalue weighted by Crippen LogP contribution is 2.26. The van der Waals surface area contributed by atoms with Gasteiger partial charge in [-0.2, -0.15) is 0 Å². The average molecular weight is 335 g/mol. The molecule has 3 amide bonds. The molecule has 0 radical (unpaired) electrons. The van der Waals surface area contributed by atoms with Crippen LogP contribution in [-0.2, 0) is 14.2 Å². The van der Waals surface area contributed by atoms with Gasteiger partial charge in [-0.25, -0.2) is 14.4 Å². The Morgan fingerprint density at radius 3 is 2.46 bits per heavy atom. The van der Waals surface area contributed by atoms with Gasteiger partial charge in [-0.05, 0) is 24.3 Å². The predicted molar refractivity (Wildman–Crippen MR) is 83.2 cm³/mol. The summed E-state index contributed by atoms with van der Waals surface area (Å²) in [4.78, 5) is 37.5. The maximum Gasteiger partial charge on any atom is 0.414 e. The van der Waals surface area contributed by atoms with Gasteiger partial charge in [0.1, 0.15) is 13.2 Å². The first-order valence-electron chi connectivity index (χ1n) is 7.45. The molecule has 24 heavy (non-hydrogen) atoms. The summed E-state index contributed by atoms with van der Waals surface area (Å²) in [7, 11) is 1.45. The van der Waals surface area contributed by atoms with Crippen LogP contribution in [0.1, 0.15) is 0 Å². The Morgan fingerprint density at radius 1 is 1.21 bits per heavy atom. The summed E-state index contributed by atoms with van der Waals surface area (Å²) in [6.07, 6.45) is -1.99. The Hall–Kier alpha value is -2.97. The number of benzene rings is 1. The Labute approximate surface area is 138 Å². The predicted octanol–water partition coefficient (Wildman–Crippen LogP) is 1.32. The molecule has 2 aliphatic heterocycles. The number of rotatable bonds is 4. The van der Waals surface area contributed by atoms with E-state index in [-0.39, 0.29) is 19.2 Å². The van der Waals surface area contributed by atoms with Crippen LogP contribution < -0.4 is 15.1 Å². The van der Waals surface area contributed by atoms with Gasteiger partial charge >= 0.3 is 18.3 Å². The van der Waals surface area contributed by atoms with E-state index < -0.39 is 18.3 Å². The summed E-state index contributed by atoms with van der Waals surface area (Å²) in [5.74, 6) is 0. The van der Waals surface area contributed by atoms with Crippen LogP contribution >= 0.6 is 0 Å². The SMILES string of the molecule is CNC(=O)OC[C@@H]1CN(c2ccc(N3CCOC3=O)cc2)C(=O)O1. The Morgan fingerprint density at radius 2 is 1.88 bits per heavy atom. The van der Waals surface area contributed by atoms with Gasteiger partial charge in [-0.1, -0.05) is 0 Å². The molecular weight excluding hydrogens is 318 g/mol. The van der Waals surface area contributed by atoms with Crippen LogP contribution in [0.4, 0.5) is 25.8 Å². The van der Waals surface area contributed by atoms with E-state index >= 15 is 0 Å². The summed E-state index contributed by atoms with van der Waals surface area (Å²) in [5.41, 5.74) is 1.34. The Kier molecular flexibility index (Phi) is 4.41. The summed E-state index contributed by atoms with van der Waals surface area (Å²) in [6.45, 7) is 1.13. The number of carbonyl (C=O) groups is 3. The number of hydrogen-bond donors (Lipinski definition) is 1. The third-order valence-corrected chi connectivity index (χ3v) is 3.71. The van der Waals surface area contributed by atoms with Crippen LogP contribution in [0.3, 0.4) is 0 Å². The number of nitrogens with one attached hydrogen (secondary N) is 1. The van der Waals surface area contributed by atoms with Gasteiger partial charge in [0, 0.05) is 18.4 Å². The third-order valence-electron chi connectivity index (χ3n) is 3.71. The Bertz CT molecular complexity index is 647. The van der Waals surface area contributed by atoms with Gasteiger partial charge in [0.2, 0.25) is 0 Å². The molecule has 1 aromatic carbocycles. The minimum atomic E-state index is -0.577. The smallest absolute Gasteiger partial charge is 0.414 e. The molecule has 0 spiro atoms. The van der Waals surface area contributed by atoms with Gasteiger partial charge in [0.15, 0.2) is 6.10 Å². The monoisotopic (exact) mass is 335 g/mol. The van der Waals surface area contributed by atoms with E-state index in [0.717, 1.165) is 0 Å². The van der Waals surface area contributed by atoms with Crippen LogP contribution in [0, 0.1) is 0 Å². The van der Waals surface area contributed by atoms with Gasteiger partial charge in [-0.15, -0.1) is 0 Å². The quantitative estimate of drug-likeness (QED) is 0.834. The fourth-order valence-corrected chi connectivity index (χ4v) is 2.50. The minimum absolute atomic E-state index is 0.0143. The first-order valence-corrected chi connectivity index (χ1v) is 7.45. The standard InChI is InChI=1S/C15H17N3O6/c1-16-13(19)23-9-12-8-18(15(21)24-12)11-4-2-10(3-5-11)17-6-7-22-14(17)20/h2-5,12H,6-9H2,1H3,(H,16,19)/t12-/m0/s1. The van der Waals surface area contributed by atoms with Crippen molar-refractivity contribution in [1.29, 1.82) is 0 Å². The average Bonchev–Trinajstić information content (AvgIpc) is 3.18. The number of hydrogen-bond acceptors (Lipinski definition) is 6. The number of ether oxygens (including phenoxy) is 3. The maximum atomic E-state index is 12.0. The van der Waals surface area contributed by atoms with Crippen molar-refractivity contribution in [2.45, 2.75) is 6.10 Å². The summed E-state index contributed by atoms with van der Waals surface area (Å²) in [5, 5.41) is 2.32. The molecule has 0 bridgehead atoms. The molecular formula is C15H17N3O6. The number of carbonyl (C=O) groups excluding carboxylic acids is 3. The highest BCUT2D eigenvalue weighted by Gasteiger charge is 2.33. The van der Waals surface area contributed by atoms with Gasteiger partial charge in [0.25, 0.3) is 0 Å². The van der Waals surface area contributed by atoms with Gasteiger partial charge in [-0.3, -0.25) is 9.80 Å². The van der Waals surface area contributed by atoms with Crippen molar-refractivity contribution in [2.75, 3.05) is 43.2 Å². The van der Waals surface area contributed by atoms with Crippen LogP contribution in [-0.4, -0.2) is 57.7 Å². The van der Waals surface area contributed by atoms with Crippen molar-refractivity contribution in [1.82, 2.24) is 5.32 Å². The first-order chi connectivity index (χ1) is 11.6. The van der Waals surface area contributed by atoms with Crippen molar-refractivity contribution >= 4 is 29.7 Å². The van der Waals surface area contributed by atoms with Gasteiger partial charge in [0.05, 0.1) is 13.1 Å². The lowest BCUT2D eigenvalue weighted by molar-refractivity contribution is 0.0745. The zero-order valence-corrected chi connectivity index (χ0v) is 13.1. The molecule has 1 N–H and O–H groups in total. The van der Waals surface area contributed by atoms with E-state index in [1.807, 2.05) is 0 Å². The fourth-order valence-electron chi connectivity index (χ4n) is 2.50. The van der Waals surface area contributed by atoms with Crippen molar-refractivity contribution in [3.8, 4) is 0 Å². The fraction of sp³-hybridized carbons (Fsp3) is 0.400. The van der Waals surface area contributed by atoms with Crippen LogP contribution in [0.2, 0.25) is 0 Å². The molecule has 0 aliphatic carbocycles. The van der Waals surface area contributed by atoms with E-state index in [0.29, 0.717) is 24.5 Å². The third kappa shape index (κ3) is 3.19. The first kappa shape index (κ1) is 15.9. The number of cyclic esters (lactones) is 2. The van der Waals surface area contributed by atoms with E-state index in [1.165, 1.54) is 16.8 Å². The number of amides is 3. The molecule has 2 saturated heterocycles. The second-order valence-electron chi connectivity index (χ2n) is 5.25. The summed E-state index contributed by atoms with van der Waals surface area (Å²) in [6, 6.07) is 6.93. The Balaban J connectivity index is 1.63. The minimum Gasteiger partial charge on any atom is -0.447 e. The summed E-state index contributed by atoms with van der Waals surface area (Å²) < 4.78 is 15.0. The molecule has 1 aromatic rings. The molecule has 0 saturated carbocycles.